The molecule has 0 aliphatic carbocycles. The molecule has 0 saturated carbocycles. The first-order chi connectivity index (χ1) is 13.1. The van der Waals surface area contributed by atoms with Gasteiger partial charge >= 0.3 is 0 Å². The van der Waals surface area contributed by atoms with Crippen molar-refractivity contribution in [1.82, 2.24) is 9.78 Å². The van der Waals surface area contributed by atoms with E-state index in [1.165, 1.54) is 24.3 Å². The lowest BCUT2D eigenvalue weighted by molar-refractivity contribution is 0.101. The van der Waals surface area contributed by atoms with Gasteiger partial charge in [-0.2, -0.15) is 5.10 Å². The summed E-state index contributed by atoms with van der Waals surface area (Å²) in [6, 6.07) is 15.5. The zero-order chi connectivity index (χ0) is 19.2. The lowest BCUT2D eigenvalue weighted by Crippen LogP contribution is -2.26. The van der Waals surface area contributed by atoms with Crippen LogP contribution in [0.5, 0.6) is 5.75 Å². The van der Waals surface area contributed by atoms with Crippen LogP contribution in [-0.4, -0.2) is 22.3 Å². The van der Waals surface area contributed by atoms with E-state index in [4.69, 9.17) is 4.74 Å². The van der Waals surface area contributed by atoms with Crippen molar-refractivity contribution in [2.45, 2.75) is 13.5 Å². The summed E-state index contributed by atoms with van der Waals surface area (Å²) in [5, 5.41) is 6.83. The molecule has 0 fully saturated rings. The Bertz CT molecular complexity index is 1020. The van der Waals surface area contributed by atoms with Gasteiger partial charge in [0.05, 0.1) is 18.8 Å². The molecule has 27 heavy (non-hydrogen) atoms. The van der Waals surface area contributed by atoms with Crippen molar-refractivity contribution in [3.63, 3.8) is 0 Å². The smallest absolute Gasteiger partial charge is 0.276 e. The van der Waals surface area contributed by atoms with Gasteiger partial charge in [-0.15, -0.1) is 0 Å². The Balaban J connectivity index is 1.83. The van der Waals surface area contributed by atoms with Crippen LogP contribution in [0, 0.1) is 5.82 Å². The quantitative estimate of drug-likeness (QED) is 0.727. The van der Waals surface area contributed by atoms with Crippen molar-refractivity contribution in [2.24, 2.45) is 0 Å². The predicted octanol–water partition coefficient (Wildman–Crippen LogP) is 3.08. The number of halogens is 1. The minimum absolute atomic E-state index is 0.0627. The molecule has 0 aliphatic rings. The van der Waals surface area contributed by atoms with E-state index in [2.05, 4.69) is 10.4 Å². The highest BCUT2D eigenvalue weighted by molar-refractivity contribution is 6.03. The lowest BCUT2D eigenvalue weighted by atomic mass is 10.2. The van der Waals surface area contributed by atoms with E-state index in [1.54, 1.807) is 36.4 Å². The molecular weight excluding hydrogens is 349 g/mol. The van der Waals surface area contributed by atoms with Crippen molar-refractivity contribution in [2.75, 3.05) is 11.9 Å². The van der Waals surface area contributed by atoms with Gasteiger partial charge in [-0.3, -0.25) is 9.59 Å². The molecular formula is C20H18FN3O3. The van der Waals surface area contributed by atoms with Crippen LogP contribution in [0.4, 0.5) is 10.1 Å². The van der Waals surface area contributed by atoms with Crippen LogP contribution >= 0.6 is 0 Å². The summed E-state index contributed by atoms with van der Waals surface area (Å²) in [6.45, 7) is 2.37. The van der Waals surface area contributed by atoms with Crippen LogP contribution in [0.15, 0.2) is 65.5 Å². The van der Waals surface area contributed by atoms with Crippen molar-refractivity contribution < 1.29 is 13.9 Å². The maximum atomic E-state index is 13.3. The molecule has 3 rings (SSSR count). The van der Waals surface area contributed by atoms with E-state index in [9.17, 15) is 14.0 Å². The second-order valence-electron chi connectivity index (χ2n) is 5.73. The maximum absolute atomic E-state index is 13.3. The summed E-state index contributed by atoms with van der Waals surface area (Å²) in [5.41, 5.74) is 0.765. The number of amides is 1. The predicted molar refractivity (Wildman–Crippen MR) is 99.6 cm³/mol. The average molecular weight is 367 g/mol. The summed E-state index contributed by atoms with van der Waals surface area (Å²) >= 11 is 0. The van der Waals surface area contributed by atoms with E-state index >= 15 is 0 Å². The van der Waals surface area contributed by atoms with E-state index in [0.29, 0.717) is 23.6 Å². The second-order valence-corrected chi connectivity index (χ2v) is 5.73. The number of nitrogens with zero attached hydrogens (tertiary/aromatic N) is 2. The van der Waals surface area contributed by atoms with Gasteiger partial charge < -0.3 is 10.1 Å². The highest BCUT2D eigenvalue weighted by atomic mass is 19.1. The molecule has 0 bridgehead atoms. The SMILES string of the molecule is CCOc1ccccc1NC(=O)c1ccc(=O)n(Cc2cccc(F)c2)n1. The molecule has 1 aromatic heterocycles. The second kappa shape index (κ2) is 8.27. The van der Waals surface area contributed by atoms with Crippen LogP contribution in [0.2, 0.25) is 0 Å². The number of carbonyl (C=O) groups excluding carboxylic acids is 1. The largest absolute Gasteiger partial charge is 0.492 e. The van der Waals surface area contributed by atoms with Gasteiger partial charge in [-0.25, -0.2) is 9.07 Å². The molecule has 1 heterocycles. The molecule has 0 spiro atoms. The number of benzene rings is 2. The molecule has 0 unspecified atom stereocenters. The molecule has 0 saturated heterocycles. The Morgan fingerprint density at radius 1 is 1.15 bits per heavy atom. The van der Waals surface area contributed by atoms with Gasteiger partial charge in [0, 0.05) is 6.07 Å². The first-order valence-electron chi connectivity index (χ1n) is 8.42. The fourth-order valence-electron chi connectivity index (χ4n) is 2.53. The summed E-state index contributed by atoms with van der Waals surface area (Å²) in [6.07, 6.45) is 0. The number of aromatic nitrogens is 2. The molecule has 3 aromatic rings. The molecule has 0 aliphatic heterocycles. The van der Waals surface area contributed by atoms with Crippen LogP contribution < -0.4 is 15.6 Å². The van der Waals surface area contributed by atoms with Crippen molar-refractivity contribution in [3.8, 4) is 5.75 Å². The number of ether oxygens (including phenoxy) is 1. The maximum Gasteiger partial charge on any atom is 0.276 e. The Morgan fingerprint density at radius 2 is 1.96 bits per heavy atom. The zero-order valence-electron chi connectivity index (χ0n) is 14.7. The van der Waals surface area contributed by atoms with Gasteiger partial charge in [0.1, 0.15) is 17.3 Å². The normalized spacial score (nSPS) is 10.4. The number of para-hydroxylation sites is 2. The van der Waals surface area contributed by atoms with Crippen LogP contribution in [0.25, 0.3) is 0 Å². The summed E-state index contributed by atoms with van der Waals surface area (Å²) in [7, 11) is 0. The van der Waals surface area contributed by atoms with E-state index < -0.39 is 11.7 Å². The van der Waals surface area contributed by atoms with Gasteiger partial charge in [-0.05, 0) is 42.8 Å². The monoisotopic (exact) mass is 367 g/mol. The molecule has 0 radical (unpaired) electrons. The van der Waals surface area contributed by atoms with Crippen molar-refractivity contribution in [3.05, 3.63) is 88.1 Å². The number of carbonyl (C=O) groups is 1. The third-order valence-corrected chi connectivity index (χ3v) is 3.76. The molecule has 1 amide bonds. The molecule has 2 aromatic carbocycles. The third-order valence-electron chi connectivity index (χ3n) is 3.76. The number of nitrogens with one attached hydrogen (secondary N) is 1. The minimum atomic E-state index is -0.477. The topological polar surface area (TPSA) is 73.2 Å². The fourth-order valence-corrected chi connectivity index (χ4v) is 2.53. The molecule has 7 heteroatoms. The third kappa shape index (κ3) is 4.58. The average Bonchev–Trinajstić information content (AvgIpc) is 2.65. The number of anilines is 1. The molecule has 0 atom stereocenters. The zero-order valence-corrected chi connectivity index (χ0v) is 14.7. The van der Waals surface area contributed by atoms with E-state index in [-0.39, 0.29) is 17.8 Å². The Hall–Kier alpha value is -3.48. The number of hydrogen-bond acceptors (Lipinski definition) is 4. The molecule has 1 N–H and O–H groups in total. The molecule has 138 valence electrons. The lowest BCUT2D eigenvalue weighted by Gasteiger charge is -2.11. The van der Waals surface area contributed by atoms with E-state index in [0.717, 1.165) is 4.68 Å². The van der Waals surface area contributed by atoms with Crippen molar-refractivity contribution >= 4 is 11.6 Å². The Morgan fingerprint density at radius 3 is 2.74 bits per heavy atom. The highest BCUT2D eigenvalue weighted by Crippen LogP contribution is 2.24. The molecule has 6 nitrogen and oxygen atoms in total. The number of hydrogen-bond donors (Lipinski definition) is 1. The van der Waals surface area contributed by atoms with Crippen molar-refractivity contribution in [1.29, 1.82) is 0 Å². The Kier molecular flexibility index (Phi) is 5.61. The number of rotatable bonds is 6. The van der Waals surface area contributed by atoms with Crippen LogP contribution in [0.3, 0.4) is 0 Å². The van der Waals surface area contributed by atoms with Gasteiger partial charge in [0.15, 0.2) is 0 Å². The van der Waals surface area contributed by atoms with Crippen LogP contribution in [-0.2, 0) is 6.54 Å². The van der Waals surface area contributed by atoms with E-state index in [1.807, 2.05) is 6.92 Å². The first kappa shape index (κ1) is 18.3. The Labute approximate surface area is 155 Å². The summed E-state index contributed by atoms with van der Waals surface area (Å²) < 4.78 is 19.9. The minimum Gasteiger partial charge on any atom is -0.492 e. The summed E-state index contributed by atoms with van der Waals surface area (Å²) in [4.78, 5) is 24.6. The highest BCUT2D eigenvalue weighted by Gasteiger charge is 2.13. The standard InChI is InChI=1S/C20H18FN3O3/c1-2-27-18-9-4-3-8-16(18)22-20(26)17-10-11-19(25)24(23-17)13-14-6-5-7-15(21)12-14/h3-12H,2,13H2,1H3,(H,22,26). The fraction of sp³-hybridized carbons (Fsp3) is 0.150. The van der Waals surface area contributed by atoms with Gasteiger partial charge in [0.2, 0.25) is 0 Å². The van der Waals surface area contributed by atoms with Gasteiger partial charge in [0.25, 0.3) is 11.5 Å². The van der Waals surface area contributed by atoms with Crippen LogP contribution in [0.1, 0.15) is 23.0 Å². The van der Waals surface area contributed by atoms with Gasteiger partial charge in [-0.1, -0.05) is 24.3 Å². The summed E-state index contributed by atoms with van der Waals surface area (Å²) in [5.74, 6) is -0.335. The first-order valence-corrected chi connectivity index (χ1v) is 8.42.